The van der Waals surface area contributed by atoms with Crippen molar-refractivity contribution in [1.29, 1.82) is 0 Å². The molecule has 0 atom stereocenters. The van der Waals surface area contributed by atoms with E-state index in [-0.39, 0.29) is 5.91 Å². The second kappa shape index (κ2) is 6.52. The van der Waals surface area contributed by atoms with Crippen LogP contribution < -0.4 is 16.8 Å². The van der Waals surface area contributed by atoms with Gasteiger partial charge in [0.1, 0.15) is 0 Å². The van der Waals surface area contributed by atoms with E-state index < -0.39 is 11.3 Å². The fourth-order valence-corrected chi connectivity index (χ4v) is 2.18. The summed E-state index contributed by atoms with van der Waals surface area (Å²) in [5.74, 6) is -0.626. The van der Waals surface area contributed by atoms with E-state index in [2.05, 4.69) is 5.32 Å². The van der Waals surface area contributed by atoms with Gasteiger partial charge in [0.25, 0.3) is 0 Å². The lowest BCUT2D eigenvalue weighted by molar-refractivity contribution is -0.125. The number of rotatable bonds is 6. The first kappa shape index (κ1) is 16.2. The predicted molar refractivity (Wildman–Crippen MR) is 80.4 cm³/mol. The number of primary amides is 1. The maximum atomic E-state index is 12.4. The number of aryl methyl sites for hydroxylation is 1. The van der Waals surface area contributed by atoms with Gasteiger partial charge < -0.3 is 16.8 Å². The lowest BCUT2D eigenvalue weighted by Gasteiger charge is -2.28. The van der Waals surface area contributed by atoms with Crippen LogP contribution in [0.4, 0.5) is 5.69 Å². The molecule has 0 aromatic heterocycles. The van der Waals surface area contributed by atoms with E-state index in [1.807, 2.05) is 13.8 Å². The number of carbonyl (C=O) groups is 2. The Labute approximate surface area is 119 Å². The maximum Gasteiger partial charge on any atom is 0.249 e. The van der Waals surface area contributed by atoms with Gasteiger partial charge in [-0.25, -0.2) is 0 Å². The standard InChI is InChI=1S/C15H23N3O2/c1-4-15(5-2,9-16)14(20)18-11-7-6-10(3)12(8-11)13(17)19/h6-8H,4-5,9,16H2,1-3H3,(H2,17,19)(H,18,20). The van der Waals surface area contributed by atoms with Gasteiger partial charge in [-0.05, 0) is 37.5 Å². The Bertz CT molecular complexity index is 500. The molecule has 5 N–H and O–H groups in total. The molecule has 0 fully saturated rings. The topological polar surface area (TPSA) is 98.2 Å². The first-order chi connectivity index (χ1) is 9.40. The van der Waals surface area contributed by atoms with E-state index in [9.17, 15) is 9.59 Å². The number of benzene rings is 1. The quantitative estimate of drug-likeness (QED) is 0.739. The van der Waals surface area contributed by atoms with E-state index in [0.717, 1.165) is 5.56 Å². The molecule has 1 aromatic rings. The summed E-state index contributed by atoms with van der Waals surface area (Å²) >= 11 is 0. The summed E-state index contributed by atoms with van der Waals surface area (Å²) in [6.45, 7) is 5.98. The maximum absolute atomic E-state index is 12.4. The average Bonchev–Trinajstić information content (AvgIpc) is 2.43. The summed E-state index contributed by atoms with van der Waals surface area (Å²) in [5.41, 5.74) is 12.2. The van der Waals surface area contributed by atoms with Crippen molar-refractivity contribution in [1.82, 2.24) is 0 Å². The summed E-state index contributed by atoms with van der Waals surface area (Å²) in [6.07, 6.45) is 1.33. The van der Waals surface area contributed by atoms with Crippen LogP contribution in [0.1, 0.15) is 42.6 Å². The van der Waals surface area contributed by atoms with Crippen molar-refractivity contribution >= 4 is 17.5 Å². The Kier molecular flexibility index (Phi) is 5.27. The minimum Gasteiger partial charge on any atom is -0.366 e. The molecular formula is C15H23N3O2. The van der Waals surface area contributed by atoms with E-state index in [1.165, 1.54) is 0 Å². The molecule has 0 saturated heterocycles. The van der Waals surface area contributed by atoms with Gasteiger partial charge in [-0.15, -0.1) is 0 Å². The Balaban J connectivity index is 3.02. The predicted octanol–water partition coefficient (Wildman–Crippen LogP) is 1.80. The van der Waals surface area contributed by atoms with Crippen molar-refractivity contribution in [2.45, 2.75) is 33.6 Å². The SMILES string of the molecule is CCC(CC)(CN)C(=O)Nc1ccc(C)c(C(N)=O)c1. The zero-order valence-corrected chi connectivity index (χ0v) is 12.3. The van der Waals surface area contributed by atoms with Crippen LogP contribution in [-0.2, 0) is 4.79 Å². The van der Waals surface area contributed by atoms with Crippen molar-refractivity contribution in [3.05, 3.63) is 29.3 Å². The van der Waals surface area contributed by atoms with Gasteiger partial charge in [-0.2, -0.15) is 0 Å². The molecule has 0 aliphatic heterocycles. The summed E-state index contributed by atoms with van der Waals surface area (Å²) in [7, 11) is 0. The molecule has 0 unspecified atom stereocenters. The average molecular weight is 277 g/mol. The van der Waals surface area contributed by atoms with Crippen LogP contribution in [0.25, 0.3) is 0 Å². The number of amides is 2. The van der Waals surface area contributed by atoms with Gasteiger partial charge >= 0.3 is 0 Å². The number of carbonyl (C=O) groups excluding carboxylic acids is 2. The Hall–Kier alpha value is -1.88. The molecule has 0 aliphatic rings. The third kappa shape index (κ3) is 3.17. The number of nitrogens with two attached hydrogens (primary N) is 2. The van der Waals surface area contributed by atoms with Crippen LogP contribution in [0.3, 0.4) is 0 Å². The van der Waals surface area contributed by atoms with Gasteiger partial charge in [-0.3, -0.25) is 9.59 Å². The van der Waals surface area contributed by atoms with Gasteiger partial charge in [0.05, 0.1) is 5.41 Å². The van der Waals surface area contributed by atoms with E-state index in [4.69, 9.17) is 11.5 Å². The Morgan fingerprint density at radius 3 is 2.30 bits per heavy atom. The summed E-state index contributed by atoms with van der Waals surface area (Å²) in [5, 5.41) is 2.83. The number of nitrogens with one attached hydrogen (secondary N) is 1. The molecule has 0 radical (unpaired) electrons. The molecular weight excluding hydrogens is 254 g/mol. The van der Waals surface area contributed by atoms with Crippen LogP contribution in [0.2, 0.25) is 0 Å². The van der Waals surface area contributed by atoms with Crippen molar-refractivity contribution < 1.29 is 9.59 Å². The highest BCUT2D eigenvalue weighted by molar-refractivity contribution is 5.99. The highest BCUT2D eigenvalue weighted by Crippen LogP contribution is 2.27. The zero-order chi connectivity index (χ0) is 15.3. The minimum absolute atomic E-state index is 0.121. The number of hydrogen-bond donors (Lipinski definition) is 3. The molecule has 0 bridgehead atoms. The number of anilines is 1. The highest BCUT2D eigenvalue weighted by atomic mass is 16.2. The van der Waals surface area contributed by atoms with Crippen LogP contribution in [0.15, 0.2) is 18.2 Å². The first-order valence-electron chi connectivity index (χ1n) is 6.82. The monoisotopic (exact) mass is 277 g/mol. The van der Waals surface area contributed by atoms with Crippen molar-refractivity contribution in [2.75, 3.05) is 11.9 Å². The molecule has 0 aliphatic carbocycles. The second-order valence-electron chi connectivity index (χ2n) is 5.04. The van der Waals surface area contributed by atoms with Crippen LogP contribution >= 0.6 is 0 Å². The van der Waals surface area contributed by atoms with E-state index in [0.29, 0.717) is 30.6 Å². The fraction of sp³-hybridized carbons (Fsp3) is 0.467. The smallest absolute Gasteiger partial charge is 0.249 e. The van der Waals surface area contributed by atoms with Crippen molar-refractivity contribution in [3.8, 4) is 0 Å². The molecule has 1 aromatic carbocycles. The third-order valence-electron chi connectivity index (χ3n) is 3.99. The molecule has 1 rings (SSSR count). The lowest BCUT2D eigenvalue weighted by Crippen LogP contribution is -2.41. The molecule has 20 heavy (non-hydrogen) atoms. The van der Waals surface area contributed by atoms with Gasteiger partial charge in [0.15, 0.2) is 0 Å². The molecule has 0 saturated carbocycles. The fourth-order valence-electron chi connectivity index (χ4n) is 2.18. The Morgan fingerprint density at radius 2 is 1.85 bits per heavy atom. The normalized spacial score (nSPS) is 11.2. The molecule has 0 heterocycles. The second-order valence-corrected chi connectivity index (χ2v) is 5.04. The van der Waals surface area contributed by atoms with Crippen LogP contribution in [-0.4, -0.2) is 18.4 Å². The van der Waals surface area contributed by atoms with Crippen LogP contribution in [0.5, 0.6) is 0 Å². The van der Waals surface area contributed by atoms with Crippen molar-refractivity contribution in [3.63, 3.8) is 0 Å². The van der Waals surface area contributed by atoms with E-state index >= 15 is 0 Å². The summed E-state index contributed by atoms with van der Waals surface area (Å²) in [4.78, 5) is 23.7. The highest BCUT2D eigenvalue weighted by Gasteiger charge is 2.33. The molecule has 2 amide bonds. The lowest BCUT2D eigenvalue weighted by atomic mass is 9.81. The molecule has 5 nitrogen and oxygen atoms in total. The van der Waals surface area contributed by atoms with E-state index in [1.54, 1.807) is 25.1 Å². The van der Waals surface area contributed by atoms with Gasteiger partial charge in [0, 0.05) is 17.8 Å². The number of hydrogen-bond acceptors (Lipinski definition) is 3. The minimum atomic E-state index is -0.572. The summed E-state index contributed by atoms with van der Waals surface area (Å²) < 4.78 is 0. The van der Waals surface area contributed by atoms with Crippen molar-refractivity contribution in [2.24, 2.45) is 16.9 Å². The Morgan fingerprint density at radius 1 is 1.25 bits per heavy atom. The molecule has 110 valence electrons. The third-order valence-corrected chi connectivity index (χ3v) is 3.99. The van der Waals surface area contributed by atoms with Gasteiger partial charge in [-0.1, -0.05) is 19.9 Å². The zero-order valence-electron chi connectivity index (χ0n) is 12.3. The van der Waals surface area contributed by atoms with Gasteiger partial charge in [0.2, 0.25) is 11.8 Å². The first-order valence-corrected chi connectivity index (χ1v) is 6.82. The molecule has 5 heteroatoms. The largest absolute Gasteiger partial charge is 0.366 e. The summed E-state index contributed by atoms with van der Waals surface area (Å²) in [6, 6.07) is 5.12. The molecule has 0 spiro atoms. The van der Waals surface area contributed by atoms with Crippen LogP contribution in [0, 0.1) is 12.3 Å².